The number of imide groups is 1. The van der Waals surface area contributed by atoms with Gasteiger partial charge in [0.25, 0.3) is 5.91 Å². The van der Waals surface area contributed by atoms with Gasteiger partial charge in [0.2, 0.25) is 17.7 Å². The summed E-state index contributed by atoms with van der Waals surface area (Å²) in [6.07, 6.45) is 1.86. The van der Waals surface area contributed by atoms with Gasteiger partial charge in [0, 0.05) is 31.6 Å². The minimum atomic E-state index is -0.737. The molecule has 0 aliphatic carbocycles. The number of likely N-dealkylation sites (tertiary alicyclic amines) is 1. The molecule has 2 aromatic carbocycles. The topological polar surface area (TPSA) is 91.2 Å². The molecule has 36 heavy (non-hydrogen) atoms. The van der Waals surface area contributed by atoms with Gasteiger partial charge >= 0.3 is 0 Å². The molecular formula is C27H25FN4O4. The third-order valence-electron chi connectivity index (χ3n) is 7.32. The van der Waals surface area contributed by atoms with E-state index < -0.39 is 23.7 Å². The summed E-state index contributed by atoms with van der Waals surface area (Å²) in [7, 11) is 0. The average Bonchev–Trinajstić information content (AvgIpc) is 3.18. The van der Waals surface area contributed by atoms with Gasteiger partial charge in [-0.2, -0.15) is 0 Å². The van der Waals surface area contributed by atoms with Crippen LogP contribution in [-0.2, 0) is 27.3 Å². The van der Waals surface area contributed by atoms with Crippen molar-refractivity contribution in [3.63, 3.8) is 0 Å². The molecule has 0 aromatic heterocycles. The lowest BCUT2D eigenvalue weighted by Gasteiger charge is -2.32. The van der Waals surface area contributed by atoms with Crippen molar-refractivity contribution in [1.82, 2.24) is 15.1 Å². The van der Waals surface area contributed by atoms with Crippen molar-refractivity contribution in [2.24, 2.45) is 0 Å². The molecule has 4 amide bonds. The summed E-state index contributed by atoms with van der Waals surface area (Å²) in [5.74, 6) is -1.79. The van der Waals surface area contributed by atoms with Crippen LogP contribution in [0.1, 0.15) is 58.6 Å². The summed E-state index contributed by atoms with van der Waals surface area (Å²) in [5, 5.41) is 2.27. The quantitative estimate of drug-likeness (QED) is 0.529. The van der Waals surface area contributed by atoms with Gasteiger partial charge in [0.15, 0.2) is 5.69 Å². The molecule has 3 aliphatic heterocycles. The highest BCUT2D eigenvalue weighted by molar-refractivity contribution is 6.05. The molecule has 9 heteroatoms. The van der Waals surface area contributed by atoms with Gasteiger partial charge in [0.1, 0.15) is 11.9 Å². The lowest BCUT2D eigenvalue weighted by atomic mass is 9.87. The van der Waals surface area contributed by atoms with Gasteiger partial charge in [-0.15, -0.1) is 0 Å². The molecule has 5 rings (SSSR count). The van der Waals surface area contributed by atoms with Gasteiger partial charge in [0.05, 0.1) is 13.0 Å². The van der Waals surface area contributed by atoms with E-state index in [1.54, 1.807) is 29.2 Å². The predicted molar refractivity (Wildman–Crippen MR) is 127 cm³/mol. The molecule has 2 aromatic rings. The zero-order valence-electron chi connectivity index (χ0n) is 19.6. The summed E-state index contributed by atoms with van der Waals surface area (Å²) in [6.45, 7) is 8.33. The number of hydrogen-bond donors (Lipinski definition) is 1. The Bertz CT molecular complexity index is 1310. The lowest BCUT2D eigenvalue weighted by molar-refractivity contribution is -0.137. The van der Waals surface area contributed by atoms with Gasteiger partial charge in [-0.05, 0) is 47.9 Å². The Balaban J connectivity index is 1.24. The first-order chi connectivity index (χ1) is 17.3. The van der Waals surface area contributed by atoms with Crippen LogP contribution in [0.4, 0.5) is 10.1 Å². The molecule has 0 spiro atoms. The van der Waals surface area contributed by atoms with Crippen molar-refractivity contribution in [2.45, 2.75) is 50.6 Å². The molecule has 3 heterocycles. The minimum absolute atomic E-state index is 0.0181. The SMILES string of the molecule is [C-]#[N+]c1cccc(CC(=O)N2CCC(c3cc4c(cc3F)C(=O)N(C3CCC(=O)NC3=O)C4)CC2)c1. The third kappa shape index (κ3) is 4.47. The highest BCUT2D eigenvalue weighted by Gasteiger charge is 2.40. The summed E-state index contributed by atoms with van der Waals surface area (Å²) >= 11 is 0. The van der Waals surface area contributed by atoms with E-state index in [0.717, 1.165) is 5.56 Å². The first kappa shape index (κ1) is 23.7. The zero-order valence-corrected chi connectivity index (χ0v) is 19.6. The van der Waals surface area contributed by atoms with Crippen molar-refractivity contribution in [2.75, 3.05) is 13.1 Å². The summed E-state index contributed by atoms with van der Waals surface area (Å²) in [4.78, 5) is 56.0. The summed E-state index contributed by atoms with van der Waals surface area (Å²) in [5.41, 5.74) is 2.77. The standard InChI is InChI=1S/C27H25FN4O4/c1-29-19-4-2-3-16(11-19)12-25(34)31-9-7-17(8-10-31)20-13-18-15-32(27(36)21(18)14-22(20)28)23-5-6-24(33)30-26(23)35/h2-4,11,13-14,17,23H,5-10,12,15H2,(H,30,33,35). The van der Waals surface area contributed by atoms with E-state index in [4.69, 9.17) is 6.57 Å². The normalized spacial score (nSPS) is 20.2. The molecule has 0 saturated carbocycles. The molecular weight excluding hydrogens is 463 g/mol. The number of nitrogens with zero attached hydrogens (tertiary/aromatic N) is 3. The average molecular weight is 489 g/mol. The maximum atomic E-state index is 15.1. The van der Waals surface area contributed by atoms with Gasteiger partial charge in [-0.25, -0.2) is 9.24 Å². The molecule has 2 saturated heterocycles. The van der Waals surface area contributed by atoms with Gasteiger partial charge in [-0.3, -0.25) is 24.5 Å². The fourth-order valence-electron chi connectivity index (χ4n) is 5.38. The number of benzene rings is 2. The molecule has 3 aliphatic rings. The minimum Gasteiger partial charge on any atom is -0.342 e. The Labute approximate surface area is 207 Å². The molecule has 1 atom stereocenters. The van der Waals surface area contributed by atoms with Crippen LogP contribution in [0.3, 0.4) is 0 Å². The monoisotopic (exact) mass is 488 g/mol. The number of halogens is 1. The lowest BCUT2D eigenvalue weighted by Crippen LogP contribution is -2.52. The molecule has 184 valence electrons. The van der Waals surface area contributed by atoms with Crippen molar-refractivity contribution in [3.8, 4) is 0 Å². The molecule has 2 fully saturated rings. The number of amides is 4. The van der Waals surface area contributed by atoms with E-state index >= 15 is 4.39 Å². The van der Waals surface area contributed by atoms with E-state index in [1.165, 1.54) is 11.0 Å². The van der Waals surface area contributed by atoms with Crippen molar-refractivity contribution >= 4 is 29.3 Å². The largest absolute Gasteiger partial charge is 0.342 e. The highest BCUT2D eigenvalue weighted by Crippen LogP contribution is 2.35. The highest BCUT2D eigenvalue weighted by atomic mass is 19.1. The van der Waals surface area contributed by atoms with E-state index in [1.807, 2.05) is 6.07 Å². The Hall–Kier alpha value is -4.06. The predicted octanol–water partition coefficient (Wildman–Crippen LogP) is 3.09. The molecule has 1 N–H and O–H groups in total. The number of nitrogens with one attached hydrogen (secondary N) is 1. The second-order valence-electron chi connectivity index (χ2n) is 9.54. The molecule has 0 radical (unpaired) electrons. The smallest absolute Gasteiger partial charge is 0.255 e. The first-order valence-electron chi connectivity index (χ1n) is 12.0. The van der Waals surface area contributed by atoms with Crippen molar-refractivity contribution < 1.29 is 23.6 Å². The third-order valence-corrected chi connectivity index (χ3v) is 7.32. The maximum absolute atomic E-state index is 15.1. The Morgan fingerprint density at radius 3 is 2.61 bits per heavy atom. The zero-order chi connectivity index (χ0) is 25.4. The van der Waals surface area contributed by atoms with Gasteiger partial charge in [-0.1, -0.05) is 30.3 Å². The van der Waals surface area contributed by atoms with E-state index in [2.05, 4.69) is 10.2 Å². The second kappa shape index (κ2) is 9.53. The van der Waals surface area contributed by atoms with Crippen LogP contribution in [0.5, 0.6) is 0 Å². The number of fused-ring (bicyclic) bond motifs is 1. The van der Waals surface area contributed by atoms with Crippen molar-refractivity contribution in [1.29, 1.82) is 0 Å². The fourth-order valence-corrected chi connectivity index (χ4v) is 5.38. The van der Waals surface area contributed by atoms with Crippen LogP contribution >= 0.6 is 0 Å². The first-order valence-corrected chi connectivity index (χ1v) is 12.0. The number of carbonyl (C=O) groups excluding carboxylic acids is 4. The second-order valence-corrected chi connectivity index (χ2v) is 9.54. The van der Waals surface area contributed by atoms with E-state index in [-0.39, 0.29) is 49.1 Å². The van der Waals surface area contributed by atoms with Crippen LogP contribution in [0.2, 0.25) is 0 Å². The Morgan fingerprint density at radius 2 is 1.89 bits per heavy atom. The van der Waals surface area contributed by atoms with Crippen molar-refractivity contribution in [3.05, 3.63) is 75.9 Å². The molecule has 8 nitrogen and oxygen atoms in total. The van der Waals surface area contributed by atoms with Crippen LogP contribution in [0.25, 0.3) is 4.85 Å². The van der Waals surface area contributed by atoms with Crippen LogP contribution < -0.4 is 5.32 Å². The molecule has 1 unspecified atom stereocenters. The number of rotatable bonds is 4. The van der Waals surface area contributed by atoms with E-state index in [0.29, 0.717) is 42.7 Å². The van der Waals surface area contributed by atoms with Crippen LogP contribution in [-0.4, -0.2) is 52.6 Å². The Kier molecular flexibility index (Phi) is 6.27. The van der Waals surface area contributed by atoms with Gasteiger partial charge < -0.3 is 9.80 Å². The summed E-state index contributed by atoms with van der Waals surface area (Å²) < 4.78 is 15.1. The van der Waals surface area contributed by atoms with Crippen LogP contribution in [0, 0.1) is 12.4 Å². The fraction of sp³-hybridized carbons (Fsp3) is 0.370. The molecule has 0 bridgehead atoms. The number of hydrogen-bond acceptors (Lipinski definition) is 4. The van der Waals surface area contributed by atoms with E-state index in [9.17, 15) is 19.2 Å². The number of carbonyl (C=O) groups is 4. The summed E-state index contributed by atoms with van der Waals surface area (Å²) in [6, 6.07) is 9.28. The van der Waals surface area contributed by atoms with Crippen LogP contribution in [0.15, 0.2) is 36.4 Å². The maximum Gasteiger partial charge on any atom is 0.255 e. The number of piperidine rings is 2. The Morgan fingerprint density at radius 1 is 1.11 bits per heavy atom.